The van der Waals surface area contributed by atoms with Crippen molar-refractivity contribution in [3.8, 4) is 11.5 Å². The van der Waals surface area contributed by atoms with Gasteiger partial charge in [-0.25, -0.2) is 0 Å². The maximum Gasteiger partial charge on any atom is 0.251 e. The first-order valence-electron chi connectivity index (χ1n) is 10.4. The van der Waals surface area contributed by atoms with Crippen molar-refractivity contribution in [2.24, 2.45) is 0 Å². The van der Waals surface area contributed by atoms with E-state index < -0.39 is 6.10 Å². The van der Waals surface area contributed by atoms with E-state index in [0.717, 1.165) is 43.0 Å². The van der Waals surface area contributed by atoms with Crippen LogP contribution in [0.25, 0.3) is 0 Å². The number of β-amino-alcohol motifs (C(OH)–C–C–N with tert-alkyl or cyclic N) is 1. The second kappa shape index (κ2) is 9.93. The van der Waals surface area contributed by atoms with Crippen molar-refractivity contribution in [2.75, 3.05) is 33.0 Å². The molecule has 0 unspecified atom stereocenters. The van der Waals surface area contributed by atoms with Gasteiger partial charge in [0.05, 0.1) is 19.3 Å². The summed E-state index contributed by atoms with van der Waals surface area (Å²) in [6, 6.07) is 15.2. The number of carbonyl (C=O) groups excluding carboxylic acids is 1. The summed E-state index contributed by atoms with van der Waals surface area (Å²) >= 11 is 0. The molecule has 160 valence electrons. The van der Waals surface area contributed by atoms with Crippen LogP contribution in [0.3, 0.4) is 0 Å². The van der Waals surface area contributed by atoms with Crippen LogP contribution in [0.5, 0.6) is 11.5 Å². The maximum atomic E-state index is 12.3. The van der Waals surface area contributed by atoms with Crippen LogP contribution in [0.2, 0.25) is 0 Å². The van der Waals surface area contributed by atoms with Crippen LogP contribution in [0.15, 0.2) is 48.5 Å². The van der Waals surface area contributed by atoms with Crippen molar-refractivity contribution in [3.05, 3.63) is 59.7 Å². The lowest BCUT2D eigenvalue weighted by atomic mass is 10.0. The Hall–Kier alpha value is -2.61. The summed E-state index contributed by atoms with van der Waals surface area (Å²) in [5.74, 6) is 1.46. The van der Waals surface area contributed by atoms with E-state index >= 15 is 0 Å². The van der Waals surface area contributed by atoms with Gasteiger partial charge in [0.2, 0.25) is 6.79 Å². The lowest BCUT2D eigenvalue weighted by Gasteiger charge is -2.33. The lowest BCUT2D eigenvalue weighted by molar-refractivity contribution is 0.00568. The summed E-state index contributed by atoms with van der Waals surface area (Å²) in [6.07, 6.45) is 1.21. The van der Waals surface area contributed by atoms with Crippen LogP contribution in [0, 0.1) is 0 Å². The molecule has 2 aromatic carbocycles. The molecule has 2 aromatic rings. The number of ether oxygens (including phenoxy) is 3. The number of benzene rings is 2. The molecule has 30 heavy (non-hydrogen) atoms. The number of carbonyl (C=O) groups is 1. The number of piperidine rings is 1. The molecule has 0 aliphatic carbocycles. The molecule has 1 amide bonds. The van der Waals surface area contributed by atoms with Gasteiger partial charge >= 0.3 is 0 Å². The molecule has 0 bridgehead atoms. The average Bonchev–Trinajstić information content (AvgIpc) is 3.24. The van der Waals surface area contributed by atoms with Crippen molar-refractivity contribution in [1.82, 2.24) is 10.2 Å². The third-order valence-corrected chi connectivity index (χ3v) is 5.44. The Balaban J connectivity index is 1.13. The largest absolute Gasteiger partial charge is 0.454 e. The number of likely N-dealkylation sites (tertiary alicyclic amines) is 1. The van der Waals surface area contributed by atoms with Crippen LogP contribution in [0.1, 0.15) is 28.8 Å². The summed E-state index contributed by atoms with van der Waals surface area (Å²) in [5.41, 5.74) is 1.68. The van der Waals surface area contributed by atoms with E-state index in [2.05, 4.69) is 10.2 Å². The van der Waals surface area contributed by atoms with Gasteiger partial charge in [0, 0.05) is 31.2 Å². The number of aliphatic hydroxyl groups is 1. The topological polar surface area (TPSA) is 80.3 Å². The Morgan fingerprint density at radius 2 is 1.90 bits per heavy atom. The van der Waals surface area contributed by atoms with E-state index in [1.807, 2.05) is 48.5 Å². The van der Waals surface area contributed by atoms with Crippen LogP contribution >= 0.6 is 0 Å². The smallest absolute Gasteiger partial charge is 0.251 e. The number of amides is 1. The van der Waals surface area contributed by atoms with Gasteiger partial charge in [0.1, 0.15) is 0 Å². The first-order valence-corrected chi connectivity index (χ1v) is 10.4. The first kappa shape index (κ1) is 20.7. The van der Waals surface area contributed by atoms with Crippen LogP contribution in [-0.2, 0) is 11.3 Å². The van der Waals surface area contributed by atoms with Crippen molar-refractivity contribution in [2.45, 2.75) is 31.6 Å². The molecular formula is C23H28N2O5. The van der Waals surface area contributed by atoms with Gasteiger partial charge in [-0.05, 0) is 42.7 Å². The number of rotatable bonds is 8. The van der Waals surface area contributed by atoms with Crippen molar-refractivity contribution < 1.29 is 24.1 Å². The van der Waals surface area contributed by atoms with E-state index in [1.54, 1.807) is 0 Å². The molecule has 1 fully saturated rings. The highest BCUT2D eigenvalue weighted by Gasteiger charge is 2.22. The fourth-order valence-corrected chi connectivity index (χ4v) is 3.81. The highest BCUT2D eigenvalue weighted by atomic mass is 16.7. The highest BCUT2D eigenvalue weighted by molar-refractivity contribution is 5.94. The molecule has 0 radical (unpaired) electrons. The fraction of sp³-hybridized carbons (Fsp3) is 0.435. The van der Waals surface area contributed by atoms with Gasteiger partial charge in [-0.2, -0.15) is 0 Å². The van der Waals surface area contributed by atoms with Gasteiger partial charge in [0.25, 0.3) is 5.91 Å². The standard InChI is InChI=1S/C23H28N2O5/c26-20(15-28-14-17-6-7-21-22(12-17)30-16-29-21)13-25-10-8-19(9-11-25)24-23(27)18-4-2-1-3-5-18/h1-7,12,19-20,26H,8-11,13-16H2,(H,24,27)/t20-/m0/s1. The second-order valence-corrected chi connectivity index (χ2v) is 7.77. The van der Waals surface area contributed by atoms with Gasteiger partial charge in [-0.15, -0.1) is 0 Å². The lowest BCUT2D eigenvalue weighted by Crippen LogP contribution is -2.47. The van der Waals surface area contributed by atoms with Crippen molar-refractivity contribution in [3.63, 3.8) is 0 Å². The van der Waals surface area contributed by atoms with E-state index in [1.165, 1.54) is 0 Å². The molecule has 2 aliphatic rings. The van der Waals surface area contributed by atoms with E-state index in [9.17, 15) is 9.90 Å². The quantitative estimate of drug-likeness (QED) is 0.692. The molecule has 2 N–H and O–H groups in total. The zero-order valence-corrected chi connectivity index (χ0v) is 17.0. The molecule has 2 aliphatic heterocycles. The molecule has 1 atom stereocenters. The number of hydrogen-bond acceptors (Lipinski definition) is 6. The van der Waals surface area contributed by atoms with Gasteiger partial charge in [-0.1, -0.05) is 24.3 Å². The molecule has 0 saturated carbocycles. The molecule has 1 saturated heterocycles. The Labute approximate surface area is 176 Å². The van der Waals surface area contributed by atoms with E-state index in [4.69, 9.17) is 14.2 Å². The number of nitrogens with one attached hydrogen (secondary N) is 1. The molecule has 7 nitrogen and oxygen atoms in total. The Bertz CT molecular complexity index is 837. The molecule has 4 rings (SSSR count). The summed E-state index contributed by atoms with van der Waals surface area (Å²) in [4.78, 5) is 14.5. The maximum absolute atomic E-state index is 12.3. The first-order chi connectivity index (χ1) is 14.7. The number of fused-ring (bicyclic) bond motifs is 1. The molecule has 0 aromatic heterocycles. The number of nitrogens with zero attached hydrogens (tertiary/aromatic N) is 1. The van der Waals surface area contributed by atoms with E-state index in [0.29, 0.717) is 18.7 Å². The van der Waals surface area contributed by atoms with Gasteiger partial charge < -0.3 is 29.5 Å². The monoisotopic (exact) mass is 412 g/mol. The predicted octanol–water partition coefficient (Wildman–Crippen LogP) is 2.19. The van der Waals surface area contributed by atoms with Crippen LogP contribution in [-0.4, -0.2) is 61.1 Å². The molecule has 2 heterocycles. The zero-order valence-electron chi connectivity index (χ0n) is 17.0. The molecule has 0 spiro atoms. The third kappa shape index (κ3) is 5.50. The third-order valence-electron chi connectivity index (χ3n) is 5.44. The van der Waals surface area contributed by atoms with Gasteiger partial charge in [-0.3, -0.25) is 4.79 Å². The fourth-order valence-electron chi connectivity index (χ4n) is 3.81. The van der Waals surface area contributed by atoms with Crippen molar-refractivity contribution >= 4 is 5.91 Å². The Kier molecular flexibility index (Phi) is 6.84. The molecule has 7 heteroatoms. The summed E-state index contributed by atoms with van der Waals surface area (Å²) in [6.45, 7) is 3.21. The highest BCUT2D eigenvalue weighted by Crippen LogP contribution is 2.32. The minimum atomic E-state index is -0.547. The summed E-state index contributed by atoms with van der Waals surface area (Å²) in [5, 5.41) is 13.4. The van der Waals surface area contributed by atoms with Gasteiger partial charge in [0.15, 0.2) is 11.5 Å². The van der Waals surface area contributed by atoms with Crippen molar-refractivity contribution in [1.29, 1.82) is 0 Å². The minimum absolute atomic E-state index is 0.0222. The Morgan fingerprint density at radius 1 is 1.13 bits per heavy atom. The predicted molar refractivity (Wildman–Crippen MR) is 112 cm³/mol. The van der Waals surface area contributed by atoms with E-state index in [-0.39, 0.29) is 25.3 Å². The zero-order chi connectivity index (χ0) is 20.8. The average molecular weight is 412 g/mol. The van der Waals surface area contributed by atoms with Crippen LogP contribution in [0.4, 0.5) is 0 Å². The van der Waals surface area contributed by atoms with Crippen LogP contribution < -0.4 is 14.8 Å². The molecular weight excluding hydrogens is 384 g/mol. The number of aliphatic hydroxyl groups excluding tert-OH is 1. The SMILES string of the molecule is O=C(NC1CCN(C[C@H](O)COCc2ccc3c(c2)OCO3)CC1)c1ccccc1. The Morgan fingerprint density at radius 3 is 2.70 bits per heavy atom. The summed E-state index contributed by atoms with van der Waals surface area (Å²) in [7, 11) is 0. The minimum Gasteiger partial charge on any atom is -0.454 e. The normalized spacial score (nSPS) is 17.6. The second-order valence-electron chi connectivity index (χ2n) is 7.77. The number of hydrogen-bond donors (Lipinski definition) is 2. The summed E-state index contributed by atoms with van der Waals surface area (Å²) < 4.78 is 16.3.